The molecule has 14 nitrogen and oxygen atoms in total. The number of rotatable bonds is 38. The lowest BCUT2D eigenvalue weighted by Crippen LogP contribution is -2.34. The lowest BCUT2D eigenvalue weighted by molar-refractivity contribution is -0.161. The number of hydrogen-bond acceptors (Lipinski definition) is 12. The molecule has 0 heterocycles. The zero-order chi connectivity index (χ0) is 43.7. The number of ketones is 1. The third-order valence-electron chi connectivity index (χ3n) is 10.6. The van der Waals surface area contributed by atoms with Crippen molar-refractivity contribution in [3.05, 3.63) is 24.3 Å². The van der Waals surface area contributed by atoms with E-state index in [-0.39, 0.29) is 36.9 Å². The van der Waals surface area contributed by atoms with Gasteiger partial charge in [0, 0.05) is 31.1 Å². The van der Waals surface area contributed by atoms with Crippen LogP contribution in [0, 0.1) is 11.8 Å². The number of phosphoric ester groups is 1. The van der Waals surface area contributed by atoms with Crippen LogP contribution in [-0.4, -0.2) is 88.1 Å². The van der Waals surface area contributed by atoms with Gasteiger partial charge < -0.3 is 35.4 Å². The number of unbranched alkanes of at least 4 members (excludes halogenated alkanes) is 16. The zero-order valence-electron chi connectivity index (χ0n) is 36.1. The molecule has 1 aliphatic rings. The number of aliphatic hydroxyl groups excluding tert-OH is 2. The molecule has 0 aliphatic heterocycles. The molecule has 0 aromatic rings. The normalized spacial score (nSPS) is 19.6. The maximum Gasteiger partial charge on any atom is 0.472 e. The number of carbonyl (C=O) groups is 4. The monoisotopic (exact) mass is 860 g/mol. The topological polar surface area (TPSA) is 229 Å². The number of nitrogens with two attached hydrogens (primary N) is 1. The van der Waals surface area contributed by atoms with Crippen molar-refractivity contribution in [3.8, 4) is 0 Å². The van der Waals surface area contributed by atoms with Crippen LogP contribution in [0.25, 0.3) is 0 Å². The Bertz CT molecular complexity index is 1260. The Morgan fingerprint density at radius 2 is 1.32 bits per heavy atom. The smallest absolute Gasteiger partial charge is 0.472 e. The summed E-state index contributed by atoms with van der Waals surface area (Å²) in [6.45, 7) is 2.45. The van der Waals surface area contributed by atoms with Crippen molar-refractivity contribution < 1.29 is 62.5 Å². The lowest BCUT2D eigenvalue weighted by Gasteiger charge is -2.20. The Hall–Kier alpha value is -2.45. The van der Waals surface area contributed by atoms with E-state index >= 15 is 0 Å². The first-order valence-electron chi connectivity index (χ1n) is 22.5. The molecule has 0 bridgehead atoms. The molecule has 7 atom stereocenters. The number of carboxylic acid groups (broad SMARTS) is 1. The second-order valence-corrected chi connectivity index (χ2v) is 17.4. The number of esters is 2. The van der Waals surface area contributed by atoms with Gasteiger partial charge in [-0.2, -0.15) is 0 Å². The van der Waals surface area contributed by atoms with Gasteiger partial charge in [-0.05, 0) is 51.4 Å². The molecule has 15 heteroatoms. The molecule has 1 saturated carbocycles. The molecule has 0 spiro atoms. The molecular formula is C44H78NO13P. The summed E-state index contributed by atoms with van der Waals surface area (Å²) in [5.74, 6) is -3.17. The third kappa shape index (κ3) is 28.7. The van der Waals surface area contributed by atoms with Gasteiger partial charge in [-0.1, -0.05) is 128 Å². The Balaban J connectivity index is 2.46. The number of hydrogen-bond donors (Lipinski definition) is 5. The summed E-state index contributed by atoms with van der Waals surface area (Å²) in [6.07, 6.45) is 27.1. The molecule has 1 unspecified atom stereocenters. The SMILES string of the molecule is CCCCCC/C=C\CCCCCCCCCC(=O)O[C@H](COC(=O)CCCCCC[C@H]1C(=O)C[C@@H](O)[C@@H]1/C=C/[C@@H](O)CCCCC)COP(=O)(O)OC[C@H](N)C(=O)O. The van der Waals surface area contributed by atoms with Crippen LogP contribution in [0.15, 0.2) is 24.3 Å². The highest BCUT2D eigenvalue weighted by Crippen LogP contribution is 2.43. The third-order valence-corrected chi connectivity index (χ3v) is 11.5. The van der Waals surface area contributed by atoms with E-state index in [1.807, 2.05) is 0 Å². The fourth-order valence-corrected chi connectivity index (χ4v) is 7.73. The van der Waals surface area contributed by atoms with Gasteiger partial charge in [-0.25, -0.2) is 4.57 Å². The lowest BCUT2D eigenvalue weighted by atomic mass is 9.88. The van der Waals surface area contributed by atoms with Crippen LogP contribution in [0.5, 0.6) is 0 Å². The number of allylic oxidation sites excluding steroid dienone is 2. The number of aliphatic carboxylic acids is 1. The minimum Gasteiger partial charge on any atom is -0.480 e. The minimum atomic E-state index is -4.78. The molecule has 6 N–H and O–H groups in total. The highest BCUT2D eigenvalue weighted by atomic mass is 31.2. The molecule has 0 aromatic heterocycles. The van der Waals surface area contributed by atoms with Crippen molar-refractivity contribution in [3.63, 3.8) is 0 Å². The maximum atomic E-state index is 12.7. The van der Waals surface area contributed by atoms with Crippen molar-refractivity contribution in [1.82, 2.24) is 0 Å². The van der Waals surface area contributed by atoms with Crippen LogP contribution >= 0.6 is 7.82 Å². The van der Waals surface area contributed by atoms with Gasteiger partial charge in [0.25, 0.3) is 0 Å². The van der Waals surface area contributed by atoms with Gasteiger partial charge in [0.05, 0.1) is 25.4 Å². The first kappa shape index (κ1) is 54.6. The van der Waals surface area contributed by atoms with Gasteiger partial charge in [-0.3, -0.25) is 28.2 Å². The van der Waals surface area contributed by atoms with Crippen molar-refractivity contribution in [2.75, 3.05) is 19.8 Å². The molecule has 0 saturated heterocycles. The van der Waals surface area contributed by atoms with E-state index in [1.165, 1.54) is 38.5 Å². The first-order valence-corrected chi connectivity index (χ1v) is 24.0. The first-order chi connectivity index (χ1) is 28.3. The fraction of sp³-hybridized carbons (Fsp3) is 0.818. The van der Waals surface area contributed by atoms with Crippen LogP contribution in [0.1, 0.15) is 174 Å². The van der Waals surface area contributed by atoms with Crippen LogP contribution in [-0.2, 0) is 42.3 Å². The standard InChI is InChI=1S/C44H78NO13P/c1-3-5-7-8-9-10-11-12-13-14-15-16-17-18-24-28-43(50)58-36(33-56-59(53,54)57-34-39(45)44(51)52)32-55-42(49)27-23-20-19-22-26-37-38(41(48)31-40(37)47)30-29-35(46)25-21-6-4-2/h10-11,29-30,35-39,41,46,48H,3-9,12-28,31-34,45H2,1-2H3,(H,51,52)(H,53,54)/b11-10-,30-29+/t35-,36+,37+,38+,39-,41+/m0/s1. The van der Waals surface area contributed by atoms with E-state index in [4.69, 9.17) is 24.8 Å². The van der Waals surface area contributed by atoms with Gasteiger partial charge >= 0.3 is 25.7 Å². The van der Waals surface area contributed by atoms with E-state index in [9.17, 15) is 38.8 Å². The highest BCUT2D eigenvalue weighted by Gasteiger charge is 2.39. The summed E-state index contributed by atoms with van der Waals surface area (Å²) in [7, 11) is -4.78. The molecule has 0 amide bonds. The number of ether oxygens (including phenoxy) is 2. The number of Topliss-reactive ketones (excluding diaryl/α,β-unsaturated/α-hetero) is 1. The predicted octanol–water partition coefficient (Wildman–Crippen LogP) is 8.43. The molecule has 1 aliphatic carbocycles. The molecule has 1 fully saturated rings. The Morgan fingerprint density at radius 1 is 0.780 bits per heavy atom. The number of carboxylic acids is 1. The Kier molecular flexibility index (Phi) is 31.6. The summed E-state index contributed by atoms with van der Waals surface area (Å²) in [5, 5.41) is 29.6. The number of carbonyl (C=O) groups excluding carboxylic acids is 3. The Morgan fingerprint density at radius 3 is 1.95 bits per heavy atom. The second-order valence-electron chi connectivity index (χ2n) is 16.0. The van der Waals surface area contributed by atoms with Crippen LogP contribution in [0.4, 0.5) is 0 Å². The number of phosphoric acid groups is 1. The predicted molar refractivity (Wildman–Crippen MR) is 227 cm³/mol. The van der Waals surface area contributed by atoms with E-state index in [0.717, 1.165) is 70.6 Å². The number of aliphatic hydroxyl groups is 2. The molecule has 342 valence electrons. The van der Waals surface area contributed by atoms with Crippen LogP contribution in [0.3, 0.4) is 0 Å². The molecule has 1 rings (SSSR count). The van der Waals surface area contributed by atoms with Gasteiger partial charge in [-0.15, -0.1) is 0 Å². The molecule has 59 heavy (non-hydrogen) atoms. The van der Waals surface area contributed by atoms with Crippen LogP contribution in [0.2, 0.25) is 0 Å². The molecule has 0 aromatic carbocycles. The quantitative estimate of drug-likeness (QED) is 0.0170. The minimum absolute atomic E-state index is 0.0244. The van der Waals surface area contributed by atoms with E-state index in [2.05, 4.69) is 30.5 Å². The second kappa shape index (κ2) is 34.2. The van der Waals surface area contributed by atoms with Crippen molar-refractivity contribution in [1.29, 1.82) is 0 Å². The molecule has 0 radical (unpaired) electrons. The van der Waals surface area contributed by atoms with Crippen LogP contribution < -0.4 is 5.73 Å². The van der Waals surface area contributed by atoms with Gasteiger partial charge in [0.2, 0.25) is 0 Å². The van der Waals surface area contributed by atoms with E-state index in [0.29, 0.717) is 32.1 Å². The molecular weight excluding hydrogens is 781 g/mol. The van der Waals surface area contributed by atoms with E-state index in [1.54, 1.807) is 12.2 Å². The largest absolute Gasteiger partial charge is 0.480 e. The van der Waals surface area contributed by atoms with Crippen molar-refractivity contribution in [2.45, 2.75) is 199 Å². The summed E-state index contributed by atoms with van der Waals surface area (Å²) in [5.41, 5.74) is 5.33. The average Bonchev–Trinajstić information content (AvgIpc) is 3.47. The summed E-state index contributed by atoms with van der Waals surface area (Å²) in [6, 6.07) is -1.56. The maximum absolute atomic E-state index is 12.7. The zero-order valence-corrected chi connectivity index (χ0v) is 37.0. The van der Waals surface area contributed by atoms with Gasteiger partial charge in [0.1, 0.15) is 18.4 Å². The highest BCUT2D eigenvalue weighted by molar-refractivity contribution is 7.47. The fourth-order valence-electron chi connectivity index (χ4n) is 6.96. The Labute approximate surface area is 353 Å². The summed E-state index contributed by atoms with van der Waals surface area (Å²) < 4.78 is 32.7. The average molecular weight is 860 g/mol. The van der Waals surface area contributed by atoms with Crippen molar-refractivity contribution in [2.24, 2.45) is 17.6 Å². The van der Waals surface area contributed by atoms with Crippen molar-refractivity contribution >= 4 is 31.5 Å². The van der Waals surface area contributed by atoms with Gasteiger partial charge in [0.15, 0.2) is 6.10 Å². The summed E-state index contributed by atoms with van der Waals surface area (Å²) in [4.78, 5) is 58.8. The summed E-state index contributed by atoms with van der Waals surface area (Å²) >= 11 is 0. The van der Waals surface area contributed by atoms with E-state index < -0.39 is 69.9 Å².